The fourth-order valence-electron chi connectivity index (χ4n) is 2.04. The van der Waals surface area contributed by atoms with Crippen molar-refractivity contribution < 1.29 is 9.47 Å². The number of hydrogen-bond acceptors (Lipinski definition) is 4. The van der Waals surface area contributed by atoms with Crippen molar-refractivity contribution in [1.82, 2.24) is 5.32 Å². The monoisotopic (exact) mass is 291 g/mol. The minimum atomic E-state index is 0.184. The predicted octanol–water partition coefficient (Wildman–Crippen LogP) is 3.85. The predicted molar refractivity (Wildman–Crippen MR) is 84.0 cm³/mol. The normalized spacial score (nSPS) is 12.2. The second kappa shape index (κ2) is 7.31. The van der Waals surface area contributed by atoms with Gasteiger partial charge in [0.1, 0.15) is 11.5 Å². The molecule has 0 spiro atoms. The van der Waals surface area contributed by atoms with Crippen LogP contribution in [0.15, 0.2) is 35.7 Å². The molecule has 0 aliphatic heterocycles. The van der Waals surface area contributed by atoms with E-state index in [0.29, 0.717) is 0 Å². The molecule has 0 aliphatic rings. The summed E-state index contributed by atoms with van der Waals surface area (Å²) in [4.78, 5) is 1.24. The molecule has 1 unspecified atom stereocenters. The second-order valence-corrected chi connectivity index (χ2v) is 5.47. The lowest BCUT2D eigenvalue weighted by atomic mass is 10.1. The summed E-state index contributed by atoms with van der Waals surface area (Å²) >= 11 is 1.70. The molecule has 0 saturated heterocycles. The summed E-state index contributed by atoms with van der Waals surface area (Å²) in [6.07, 6.45) is 1.02. The molecule has 4 heteroatoms. The van der Waals surface area contributed by atoms with E-state index in [1.165, 1.54) is 10.4 Å². The maximum atomic E-state index is 5.61. The number of rotatable bonds is 7. The summed E-state index contributed by atoms with van der Waals surface area (Å²) < 4.78 is 10.9. The summed E-state index contributed by atoms with van der Waals surface area (Å²) in [5, 5.41) is 5.37. The molecule has 1 N–H and O–H groups in total. The van der Waals surface area contributed by atoms with E-state index < -0.39 is 0 Å². The lowest BCUT2D eigenvalue weighted by Crippen LogP contribution is -2.16. The molecule has 1 atom stereocenters. The smallest absolute Gasteiger partial charge is 0.129 e. The highest BCUT2D eigenvalue weighted by Gasteiger charge is 2.14. The number of benzene rings is 1. The highest BCUT2D eigenvalue weighted by molar-refractivity contribution is 7.10. The van der Waals surface area contributed by atoms with Crippen LogP contribution in [-0.2, 0) is 0 Å². The van der Waals surface area contributed by atoms with Gasteiger partial charge in [0.25, 0.3) is 0 Å². The molecule has 20 heavy (non-hydrogen) atoms. The van der Waals surface area contributed by atoms with Crippen molar-refractivity contribution >= 4 is 11.3 Å². The zero-order chi connectivity index (χ0) is 14.4. The maximum Gasteiger partial charge on any atom is 0.129 e. The minimum Gasteiger partial charge on any atom is -0.496 e. The van der Waals surface area contributed by atoms with Crippen molar-refractivity contribution in [1.29, 1.82) is 0 Å². The quantitative estimate of drug-likeness (QED) is 0.840. The molecule has 0 saturated carbocycles. The zero-order valence-corrected chi connectivity index (χ0v) is 13.0. The van der Waals surface area contributed by atoms with Gasteiger partial charge in [-0.05, 0) is 37.2 Å². The molecule has 0 fully saturated rings. The van der Waals surface area contributed by atoms with E-state index in [0.717, 1.165) is 24.5 Å². The van der Waals surface area contributed by atoms with Gasteiger partial charge in [-0.15, -0.1) is 11.3 Å². The lowest BCUT2D eigenvalue weighted by molar-refractivity contribution is 0.317. The van der Waals surface area contributed by atoms with Crippen LogP contribution in [-0.4, -0.2) is 20.8 Å². The number of hydrogen-bond donors (Lipinski definition) is 1. The van der Waals surface area contributed by atoms with Crippen molar-refractivity contribution in [3.8, 4) is 11.5 Å². The first-order valence-electron chi connectivity index (χ1n) is 6.81. The van der Waals surface area contributed by atoms with Crippen LogP contribution in [0.4, 0.5) is 0 Å². The summed E-state index contributed by atoms with van der Waals surface area (Å²) in [6.45, 7) is 2.87. The largest absolute Gasteiger partial charge is 0.496 e. The van der Waals surface area contributed by atoms with Gasteiger partial charge in [0.05, 0.1) is 19.8 Å². The van der Waals surface area contributed by atoms with Gasteiger partial charge in [0.2, 0.25) is 0 Å². The Hall–Kier alpha value is -1.52. The number of thiophene rings is 1. The summed E-state index contributed by atoms with van der Waals surface area (Å²) in [6, 6.07) is 10.5. The third-order valence-corrected chi connectivity index (χ3v) is 4.07. The Bertz CT molecular complexity index is 522. The Morgan fingerprint density at radius 1 is 1.20 bits per heavy atom. The van der Waals surface area contributed by atoms with E-state index in [9.17, 15) is 0 Å². The Morgan fingerprint density at radius 2 is 1.95 bits per heavy atom. The van der Waals surface area contributed by atoms with Crippen LogP contribution in [0.3, 0.4) is 0 Å². The van der Waals surface area contributed by atoms with Crippen LogP contribution < -0.4 is 14.8 Å². The van der Waals surface area contributed by atoms with Crippen molar-refractivity contribution in [2.45, 2.75) is 19.4 Å². The summed E-state index contributed by atoms with van der Waals surface area (Å²) in [7, 11) is 3.67. The van der Waals surface area contributed by atoms with Crippen molar-refractivity contribution in [2.75, 3.05) is 20.8 Å². The first kappa shape index (κ1) is 14.9. The maximum absolute atomic E-state index is 5.61. The van der Waals surface area contributed by atoms with E-state index >= 15 is 0 Å². The molecule has 2 aromatic rings. The molecule has 0 amide bonds. The second-order valence-electron chi connectivity index (χ2n) is 4.53. The third kappa shape index (κ3) is 3.52. The first-order chi connectivity index (χ1) is 9.78. The van der Waals surface area contributed by atoms with E-state index in [2.05, 4.69) is 30.4 Å². The standard InChI is InChI=1S/C16H21NO2S/c1-4-9-19-13-7-5-12(6-8-13)16(17-2)15-10-14(18-3)11-20-15/h5-8,10-11,16-17H,4,9H2,1-3H3. The molecule has 2 rings (SSSR count). The highest BCUT2D eigenvalue weighted by atomic mass is 32.1. The van der Waals surface area contributed by atoms with Gasteiger partial charge in [-0.3, -0.25) is 0 Å². The molecular formula is C16H21NO2S. The fourth-order valence-corrected chi connectivity index (χ4v) is 3.03. The Kier molecular flexibility index (Phi) is 5.44. The molecule has 1 aromatic carbocycles. The van der Waals surface area contributed by atoms with E-state index in [-0.39, 0.29) is 6.04 Å². The first-order valence-corrected chi connectivity index (χ1v) is 7.69. The van der Waals surface area contributed by atoms with Gasteiger partial charge in [-0.1, -0.05) is 19.1 Å². The van der Waals surface area contributed by atoms with E-state index in [1.54, 1.807) is 18.4 Å². The van der Waals surface area contributed by atoms with E-state index in [1.807, 2.05) is 24.6 Å². The molecule has 0 radical (unpaired) electrons. The SMILES string of the molecule is CCCOc1ccc(C(NC)c2cc(OC)cs2)cc1. The van der Waals surface area contributed by atoms with Crippen LogP contribution >= 0.6 is 11.3 Å². The van der Waals surface area contributed by atoms with Gasteiger partial charge in [-0.25, -0.2) is 0 Å². The molecular weight excluding hydrogens is 270 g/mol. The van der Waals surface area contributed by atoms with Gasteiger partial charge >= 0.3 is 0 Å². The molecule has 0 aliphatic carbocycles. The fraction of sp³-hybridized carbons (Fsp3) is 0.375. The number of ether oxygens (including phenoxy) is 2. The Morgan fingerprint density at radius 3 is 2.50 bits per heavy atom. The Labute approximate surface area is 124 Å². The number of nitrogens with one attached hydrogen (secondary N) is 1. The molecule has 1 aromatic heterocycles. The molecule has 0 bridgehead atoms. The highest BCUT2D eigenvalue weighted by Crippen LogP contribution is 2.31. The van der Waals surface area contributed by atoms with Gasteiger partial charge in [0.15, 0.2) is 0 Å². The lowest BCUT2D eigenvalue weighted by Gasteiger charge is -2.15. The molecule has 3 nitrogen and oxygen atoms in total. The number of methoxy groups -OCH3 is 1. The average Bonchev–Trinajstić information content (AvgIpc) is 2.96. The van der Waals surface area contributed by atoms with Crippen molar-refractivity contribution in [3.63, 3.8) is 0 Å². The van der Waals surface area contributed by atoms with Gasteiger partial charge in [0, 0.05) is 10.3 Å². The van der Waals surface area contributed by atoms with Crippen LogP contribution in [0.5, 0.6) is 11.5 Å². The van der Waals surface area contributed by atoms with E-state index in [4.69, 9.17) is 9.47 Å². The molecule has 1 heterocycles. The van der Waals surface area contributed by atoms with Crippen LogP contribution in [0.1, 0.15) is 29.8 Å². The van der Waals surface area contributed by atoms with Crippen molar-refractivity contribution in [3.05, 3.63) is 46.2 Å². The van der Waals surface area contributed by atoms with Crippen molar-refractivity contribution in [2.24, 2.45) is 0 Å². The summed E-state index contributed by atoms with van der Waals surface area (Å²) in [5.41, 5.74) is 1.22. The molecule has 108 valence electrons. The Balaban J connectivity index is 2.14. The van der Waals surface area contributed by atoms with Gasteiger partial charge < -0.3 is 14.8 Å². The van der Waals surface area contributed by atoms with Crippen LogP contribution in [0.25, 0.3) is 0 Å². The summed E-state index contributed by atoms with van der Waals surface area (Å²) in [5.74, 6) is 1.84. The zero-order valence-electron chi connectivity index (χ0n) is 12.2. The van der Waals surface area contributed by atoms with Crippen LogP contribution in [0, 0.1) is 0 Å². The minimum absolute atomic E-state index is 0.184. The van der Waals surface area contributed by atoms with Crippen LogP contribution in [0.2, 0.25) is 0 Å². The third-order valence-electron chi connectivity index (χ3n) is 3.09. The van der Waals surface area contributed by atoms with Gasteiger partial charge in [-0.2, -0.15) is 0 Å². The topological polar surface area (TPSA) is 30.5 Å². The average molecular weight is 291 g/mol.